The summed E-state index contributed by atoms with van der Waals surface area (Å²) in [5, 5.41) is 12.3. The molecule has 1 aliphatic heterocycles. The Hall–Kier alpha value is -3.15. The third-order valence-corrected chi connectivity index (χ3v) is 8.85. The number of nitrogens with zero attached hydrogens (tertiary/aromatic N) is 2. The number of carbonyl (C=O) groups excluding carboxylic acids is 1. The second kappa shape index (κ2) is 12.6. The number of hydrogen-bond donors (Lipinski definition) is 3. The predicted octanol–water partition coefficient (Wildman–Crippen LogP) is 3.12. The highest BCUT2D eigenvalue weighted by atomic mass is 32.2. The lowest BCUT2D eigenvalue weighted by atomic mass is 10.2. The second-order valence-corrected chi connectivity index (χ2v) is 11.7. The van der Waals surface area contributed by atoms with E-state index in [2.05, 4.69) is 10.1 Å². The quantitative estimate of drug-likeness (QED) is 0.234. The number of aliphatic hydroxyl groups is 1. The zero-order valence-electron chi connectivity index (χ0n) is 20.6. The highest BCUT2D eigenvalue weighted by Crippen LogP contribution is 2.48. The number of rotatable bonds is 11. The maximum absolute atomic E-state index is 13.7. The van der Waals surface area contributed by atoms with Crippen molar-refractivity contribution in [3.63, 3.8) is 0 Å². The van der Waals surface area contributed by atoms with E-state index < -0.39 is 42.2 Å². The molecule has 1 saturated heterocycles. The van der Waals surface area contributed by atoms with Crippen LogP contribution < -0.4 is 21.0 Å². The van der Waals surface area contributed by atoms with Crippen LogP contribution in [-0.2, 0) is 25.2 Å². The first kappa shape index (κ1) is 27.9. The number of nitrogen functional groups attached to an aromatic ring is 1. The zero-order valence-corrected chi connectivity index (χ0v) is 22.3. The fraction of sp³-hybridized carbons (Fsp3) is 0.320. The van der Waals surface area contributed by atoms with Crippen molar-refractivity contribution in [2.75, 3.05) is 12.3 Å². The van der Waals surface area contributed by atoms with Gasteiger partial charge in [0.15, 0.2) is 0 Å². The van der Waals surface area contributed by atoms with E-state index in [1.807, 2.05) is 30.3 Å². The molecule has 11 nitrogen and oxygen atoms in total. The van der Waals surface area contributed by atoms with Gasteiger partial charge in [-0.05, 0) is 30.7 Å². The van der Waals surface area contributed by atoms with Crippen LogP contribution >= 0.6 is 19.5 Å². The number of anilines is 1. The van der Waals surface area contributed by atoms with Crippen LogP contribution in [0.25, 0.3) is 0 Å². The number of esters is 1. The minimum Gasteiger partial charge on any atom is -0.460 e. The average molecular weight is 561 g/mol. The number of aromatic nitrogens is 2. The molecule has 1 aliphatic rings. The van der Waals surface area contributed by atoms with E-state index in [1.54, 1.807) is 30.3 Å². The van der Waals surface area contributed by atoms with Crippen LogP contribution in [0.3, 0.4) is 0 Å². The van der Waals surface area contributed by atoms with E-state index in [0.29, 0.717) is 0 Å². The molecular formula is C25H29N4O7PS. The fourth-order valence-electron chi connectivity index (χ4n) is 3.71. The monoisotopic (exact) mass is 560 g/mol. The Bertz CT molecular complexity index is 1330. The smallest absolute Gasteiger partial charge is 0.459 e. The van der Waals surface area contributed by atoms with Crippen molar-refractivity contribution in [3.8, 4) is 5.75 Å². The number of thioether (sulfide) groups is 1. The number of benzene rings is 2. The number of para-hydroxylation sites is 1. The first-order valence-electron chi connectivity index (χ1n) is 11.9. The van der Waals surface area contributed by atoms with Crippen molar-refractivity contribution in [2.24, 2.45) is 0 Å². The first-order chi connectivity index (χ1) is 18.2. The second-order valence-electron chi connectivity index (χ2n) is 8.62. The number of aliphatic hydroxyl groups excluding tert-OH is 1. The molecule has 2 heterocycles. The summed E-state index contributed by atoms with van der Waals surface area (Å²) in [7, 11) is -4.11. The van der Waals surface area contributed by atoms with Crippen molar-refractivity contribution in [2.45, 2.75) is 42.7 Å². The topological polar surface area (TPSA) is 155 Å². The number of ether oxygens (including phenoxy) is 1. The van der Waals surface area contributed by atoms with Crippen LogP contribution in [-0.4, -0.2) is 44.6 Å². The SMILES string of the molecule is C[C@H](NP(=O)(OC[C@H]1S[C@@H](n2ccc(N)nc2=O)CC1O)Oc1ccccc1)C(=O)OCc1ccccc1. The lowest BCUT2D eigenvalue weighted by Gasteiger charge is -2.24. The Morgan fingerprint density at radius 1 is 1.21 bits per heavy atom. The zero-order chi connectivity index (χ0) is 27.1. The number of carbonyl (C=O) groups is 1. The molecule has 0 saturated carbocycles. The summed E-state index contributed by atoms with van der Waals surface area (Å²) in [6.45, 7) is 1.37. The van der Waals surface area contributed by atoms with Crippen LogP contribution in [0.5, 0.6) is 5.75 Å². The molecule has 202 valence electrons. The van der Waals surface area contributed by atoms with E-state index in [0.717, 1.165) is 5.56 Å². The molecule has 13 heteroatoms. The standard InChI is InChI=1S/C25H29N4O7PS/c1-17(24(31)34-15-18-8-4-2-5-9-18)28-37(33,36-19-10-6-3-7-11-19)35-16-21-20(30)14-23(38-21)29-13-12-22(26)27-25(29)32/h2-13,17,20-21,23,30H,14-16H2,1H3,(H,28,33)(H2,26,27,32)/t17-,20?,21+,23+,37?/m0/s1. The number of nitrogens with two attached hydrogens (primary N) is 1. The van der Waals surface area contributed by atoms with Crippen LogP contribution in [0.4, 0.5) is 5.82 Å². The Balaban J connectivity index is 1.41. The third kappa shape index (κ3) is 7.46. The highest BCUT2D eigenvalue weighted by molar-refractivity contribution is 8.00. The van der Waals surface area contributed by atoms with Gasteiger partial charge in [-0.1, -0.05) is 48.5 Å². The van der Waals surface area contributed by atoms with Gasteiger partial charge in [0.05, 0.1) is 23.3 Å². The van der Waals surface area contributed by atoms with Gasteiger partial charge in [-0.25, -0.2) is 9.36 Å². The Morgan fingerprint density at radius 3 is 2.58 bits per heavy atom. The molecule has 38 heavy (non-hydrogen) atoms. The lowest BCUT2D eigenvalue weighted by Crippen LogP contribution is -2.36. The maximum atomic E-state index is 13.7. The molecule has 4 N–H and O–H groups in total. The van der Waals surface area contributed by atoms with Crippen LogP contribution in [0, 0.1) is 0 Å². The van der Waals surface area contributed by atoms with Crippen molar-refractivity contribution in [3.05, 3.63) is 89.0 Å². The number of hydrogen-bond acceptors (Lipinski definition) is 10. The lowest BCUT2D eigenvalue weighted by molar-refractivity contribution is -0.146. The molecule has 3 aromatic rings. The van der Waals surface area contributed by atoms with Gasteiger partial charge < -0.3 is 20.1 Å². The highest BCUT2D eigenvalue weighted by Gasteiger charge is 2.39. The summed E-state index contributed by atoms with van der Waals surface area (Å²) in [6, 6.07) is 18.0. The van der Waals surface area contributed by atoms with Gasteiger partial charge in [0.25, 0.3) is 0 Å². The van der Waals surface area contributed by atoms with Gasteiger partial charge in [-0.2, -0.15) is 10.1 Å². The van der Waals surface area contributed by atoms with Gasteiger partial charge >= 0.3 is 19.4 Å². The van der Waals surface area contributed by atoms with E-state index in [1.165, 1.54) is 35.5 Å². The number of nitrogens with one attached hydrogen (secondary N) is 1. The van der Waals surface area contributed by atoms with E-state index in [4.69, 9.17) is 19.5 Å². The van der Waals surface area contributed by atoms with E-state index in [9.17, 15) is 19.3 Å². The molecule has 4 rings (SSSR count). The van der Waals surface area contributed by atoms with Crippen molar-refractivity contribution < 1.29 is 28.3 Å². The largest absolute Gasteiger partial charge is 0.460 e. The van der Waals surface area contributed by atoms with Crippen molar-refractivity contribution >= 4 is 31.3 Å². The van der Waals surface area contributed by atoms with Gasteiger partial charge in [0.2, 0.25) is 0 Å². The molecule has 0 radical (unpaired) electrons. The van der Waals surface area contributed by atoms with Gasteiger partial charge in [0.1, 0.15) is 24.2 Å². The Labute approximate surface area is 223 Å². The van der Waals surface area contributed by atoms with Crippen molar-refractivity contribution in [1.82, 2.24) is 14.6 Å². The van der Waals surface area contributed by atoms with E-state index >= 15 is 0 Å². The van der Waals surface area contributed by atoms with E-state index in [-0.39, 0.29) is 31.2 Å². The fourth-order valence-corrected chi connectivity index (χ4v) is 6.77. The first-order valence-corrected chi connectivity index (χ1v) is 14.4. The van der Waals surface area contributed by atoms with Crippen LogP contribution in [0.1, 0.15) is 24.3 Å². The third-order valence-electron chi connectivity index (χ3n) is 5.67. The summed E-state index contributed by atoms with van der Waals surface area (Å²) in [5.41, 5.74) is 5.85. The molecule has 2 unspecified atom stereocenters. The summed E-state index contributed by atoms with van der Waals surface area (Å²) < 4.78 is 31.9. The Kier molecular flexibility index (Phi) is 9.24. The van der Waals surface area contributed by atoms with Gasteiger partial charge in [-0.15, -0.1) is 11.8 Å². The van der Waals surface area contributed by atoms with Crippen LogP contribution in [0.2, 0.25) is 0 Å². The minimum absolute atomic E-state index is 0.0576. The molecule has 1 fully saturated rings. The summed E-state index contributed by atoms with van der Waals surface area (Å²) in [6.07, 6.45) is 0.920. The minimum atomic E-state index is -4.11. The maximum Gasteiger partial charge on any atom is 0.459 e. The average Bonchev–Trinajstić information content (AvgIpc) is 3.27. The molecule has 0 amide bonds. The van der Waals surface area contributed by atoms with Gasteiger partial charge in [-0.3, -0.25) is 13.9 Å². The molecule has 2 aromatic carbocycles. The molecule has 0 aliphatic carbocycles. The molecule has 5 atom stereocenters. The molecule has 0 spiro atoms. The molecule has 1 aromatic heterocycles. The van der Waals surface area contributed by atoms with Crippen molar-refractivity contribution in [1.29, 1.82) is 0 Å². The molecular weight excluding hydrogens is 531 g/mol. The van der Waals surface area contributed by atoms with Crippen LogP contribution in [0.15, 0.2) is 77.7 Å². The normalized spacial score (nSPS) is 21.4. The summed E-state index contributed by atoms with van der Waals surface area (Å²) >= 11 is 1.28. The Morgan fingerprint density at radius 2 is 1.89 bits per heavy atom. The summed E-state index contributed by atoms with van der Waals surface area (Å²) in [5.74, 6) is -0.263. The predicted molar refractivity (Wildman–Crippen MR) is 143 cm³/mol. The summed E-state index contributed by atoms with van der Waals surface area (Å²) in [4.78, 5) is 28.5. The van der Waals surface area contributed by atoms with Gasteiger partial charge in [0, 0.05) is 12.6 Å². The molecule has 0 bridgehead atoms.